The van der Waals surface area contributed by atoms with E-state index in [2.05, 4.69) is 27.7 Å². The van der Waals surface area contributed by atoms with Crippen LogP contribution in [-0.4, -0.2) is 29.4 Å². The van der Waals surface area contributed by atoms with Gasteiger partial charge in [-0.05, 0) is 24.7 Å². The maximum absolute atomic E-state index is 11.9. The predicted molar refractivity (Wildman–Crippen MR) is 67.0 cm³/mol. The van der Waals surface area contributed by atoms with Crippen LogP contribution in [0.1, 0.15) is 47.5 Å². The van der Waals surface area contributed by atoms with E-state index in [1.165, 1.54) is 0 Å². The molecular weight excluding hydrogens is 200 g/mol. The molecule has 1 aliphatic rings. The minimum atomic E-state index is -0.150. The molecule has 94 valence electrons. The molecule has 0 saturated carbocycles. The fourth-order valence-electron chi connectivity index (χ4n) is 2.55. The van der Waals surface area contributed by atoms with Crippen LogP contribution in [0.5, 0.6) is 0 Å². The van der Waals surface area contributed by atoms with Crippen molar-refractivity contribution in [2.45, 2.75) is 53.0 Å². The molecule has 2 N–H and O–H groups in total. The van der Waals surface area contributed by atoms with Crippen molar-refractivity contribution in [3.8, 4) is 0 Å². The van der Waals surface area contributed by atoms with Crippen LogP contribution in [0.2, 0.25) is 0 Å². The Kier molecular flexibility index (Phi) is 3.68. The summed E-state index contributed by atoms with van der Waals surface area (Å²) in [6, 6.07) is 0. The maximum atomic E-state index is 11.9. The summed E-state index contributed by atoms with van der Waals surface area (Å²) >= 11 is 0. The topological polar surface area (TPSA) is 46.3 Å². The second-order valence-electron chi connectivity index (χ2n) is 6.98. The van der Waals surface area contributed by atoms with E-state index in [4.69, 9.17) is 5.73 Å². The summed E-state index contributed by atoms with van der Waals surface area (Å²) in [5.74, 6) is 0.719. The summed E-state index contributed by atoms with van der Waals surface area (Å²) < 4.78 is 0. The Balaban J connectivity index is 2.30. The van der Waals surface area contributed by atoms with Gasteiger partial charge < -0.3 is 10.6 Å². The fraction of sp³-hybridized carbons (Fsp3) is 0.923. The molecule has 1 rings (SSSR count). The lowest BCUT2D eigenvalue weighted by Crippen LogP contribution is -2.66. The number of likely N-dealkylation sites (tertiary alicyclic amines) is 1. The van der Waals surface area contributed by atoms with E-state index < -0.39 is 0 Å². The SMILES string of the molecule is CC(CC(=O)N1CC(C)(N)C1)CC(C)(C)C. The van der Waals surface area contributed by atoms with Gasteiger partial charge in [0.15, 0.2) is 0 Å². The molecule has 0 aliphatic carbocycles. The molecule has 0 spiro atoms. The molecule has 1 unspecified atom stereocenters. The van der Waals surface area contributed by atoms with E-state index in [0.717, 1.165) is 6.42 Å². The quantitative estimate of drug-likeness (QED) is 0.800. The van der Waals surface area contributed by atoms with Crippen molar-refractivity contribution in [1.82, 2.24) is 4.90 Å². The van der Waals surface area contributed by atoms with Crippen molar-refractivity contribution < 1.29 is 4.79 Å². The van der Waals surface area contributed by atoms with Gasteiger partial charge >= 0.3 is 0 Å². The Morgan fingerprint density at radius 3 is 2.31 bits per heavy atom. The van der Waals surface area contributed by atoms with Gasteiger partial charge in [-0.1, -0.05) is 27.7 Å². The van der Waals surface area contributed by atoms with Crippen LogP contribution < -0.4 is 5.73 Å². The number of nitrogens with zero attached hydrogens (tertiary/aromatic N) is 1. The smallest absolute Gasteiger partial charge is 0.222 e. The molecule has 1 amide bonds. The minimum absolute atomic E-state index is 0.150. The molecule has 1 aliphatic heterocycles. The highest BCUT2D eigenvalue weighted by Gasteiger charge is 2.37. The Labute approximate surface area is 99.4 Å². The molecule has 3 nitrogen and oxygen atoms in total. The van der Waals surface area contributed by atoms with Gasteiger partial charge in [-0.2, -0.15) is 0 Å². The third kappa shape index (κ3) is 4.12. The average Bonchev–Trinajstić information content (AvgIpc) is 1.95. The highest BCUT2D eigenvalue weighted by Crippen LogP contribution is 2.27. The molecule has 0 aromatic carbocycles. The summed E-state index contributed by atoms with van der Waals surface area (Å²) in [6.45, 7) is 12.2. The van der Waals surface area contributed by atoms with Gasteiger partial charge in [0.1, 0.15) is 0 Å². The highest BCUT2D eigenvalue weighted by atomic mass is 16.2. The van der Waals surface area contributed by atoms with E-state index in [-0.39, 0.29) is 11.4 Å². The first-order chi connectivity index (χ1) is 7.09. The summed E-state index contributed by atoms with van der Waals surface area (Å²) in [5.41, 5.74) is 6.04. The Bertz CT molecular complexity index is 258. The molecule has 1 heterocycles. The lowest BCUT2D eigenvalue weighted by Gasteiger charge is -2.45. The van der Waals surface area contributed by atoms with E-state index in [9.17, 15) is 4.79 Å². The van der Waals surface area contributed by atoms with Crippen molar-refractivity contribution in [3.63, 3.8) is 0 Å². The van der Waals surface area contributed by atoms with E-state index in [1.807, 2.05) is 11.8 Å². The number of hydrogen-bond donors (Lipinski definition) is 1. The van der Waals surface area contributed by atoms with E-state index in [0.29, 0.717) is 30.8 Å². The number of hydrogen-bond acceptors (Lipinski definition) is 2. The van der Waals surface area contributed by atoms with Gasteiger partial charge in [0, 0.05) is 25.0 Å². The Morgan fingerprint density at radius 2 is 1.94 bits per heavy atom. The predicted octanol–water partition coefficient (Wildman–Crippen LogP) is 2.01. The third-order valence-corrected chi connectivity index (χ3v) is 2.94. The molecular formula is C13H26N2O. The van der Waals surface area contributed by atoms with Gasteiger partial charge in [0.2, 0.25) is 5.91 Å². The first-order valence-corrected chi connectivity index (χ1v) is 6.16. The lowest BCUT2D eigenvalue weighted by atomic mass is 9.83. The van der Waals surface area contributed by atoms with Crippen LogP contribution in [0, 0.1) is 11.3 Å². The van der Waals surface area contributed by atoms with Crippen LogP contribution in [0.4, 0.5) is 0 Å². The number of rotatable bonds is 3. The lowest BCUT2D eigenvalue weighted by molar-refractivity contribution is -0.139. The van der Waals surface area contributed by atoms with Crippen LogP contribution >= 0.6 is 0 Å². The van der Waals surface area contributed by atoms with Crippen molar-refractivity contribution in [2.75, 3.05) is 13.1 Å². The number of carbonyl (C=O) groups is 1. The molecule has 3 heteroatoms. The monoisotopic (exact) mass is 226 g/mol. The fourth-order valence-corrected chi connectivity index (χ4v) is 2.55. The van der Waals surface area contributed by atoms with Crippen molar-refractivity contribution in [2.24, 2.45) is 17.1 Å². The van der Waals surface area contributed by atoms with Gasteiger partial charge in [-0.25, -0.2) is 0 Å². The molecule has 1 atom stereocenters. The first-order valence-electron chi connectivity index (χ1n) is 6.16. The molecule has 16 heavy (non-hydrogen) atoms. The molecule has 0 aromatic rings. The normalized spacial score (nSPS) is 21.5. The Morgan fingerprint density at radius 1 is 1.44 bits per heavy atom. The second-order valence-corrected chi connectivity index (χ2v) is 6.98. The molecule has 0 radical (unpaired) electrons. The van der Waals surface area contributed by atoms with Gasteiger partial charge in [-0.15, -0.1) is 0 Å². The summed E-state index contributed by atoms with van der Waals surface area (Å²) in [4.78, 5) is 13.8. The third-order valence-electron chi connectivity index (χ3n) is 2.94. The van der Waals surface area contributed by atoms with Gasteiger partial charge in [0.25, 0.3) is 0 Å². The van der Waals surface area contributed by atoms with Crippen LogP contribution in [-0.2, 0) is 4.79 Å². The average molecular weight is 226 g/mol. The van der Waals surface area contributed by atoms with Crippen molar-refractivity contribution >= 4 is 5.91 Å². The van der Waals surface area contributed by atoms with Crippen LogP contribution in [0.3, 0.4) is 0 Å². The number of amides is 1. The second kappa shape index (κ2) is 4.36. The first kappa shape index (κ1) is 13.5. The largest absolute Gasteiger partial charge is 0.339 e. The Hall–Kier alpha value is -0.570. The van der Waals surface area contributed by atoms with Gasteiger partial charge in [-0.3, -0.25) is 4.79 Å². The van der Waals surface area contributed by atoms with E-state index in [1.54, 1.807) is 0 Å². The minimum Gasteiger partial charge on any atom is -0.339 e. The molecule has 0 bridgehead atoms. The molecule has 1 saturated heterocycles. The maximum Gasteiger partial charge on any atom is 0.222 e. The zero-order valence-electron chi connectivity index (χ0n) is 11.3. The van der Waals surface area contributed by atoms with E-state index >= 15 is 0 Å². The zero-order valence-corrected chi connectivity index (χ0v) is 11.3. The van der Waals surface area contributed by atoms with Crippen LogP contribution in [0.25, 0.3) is 0 Å². The van der Waals surface area contributed by atoms with Crippen molar-refractivity contribution in [3.05, 3.63) is 0 Å². The van der Waals surface area contributed by atoms with Crippen LogP contribution in [0.15, 0.2) is 0 Å². The highest BCUT2D eigenvalue weighted by molar-refractivity contribution is 5.77. The summed E-state index contributed by atoms with van der Waals surface area (Å²) in [6.07, 6.45) is 1.75. The van der Waals surface area contributed by atoms with Crippen molar-refractivity contribution in [1.29, 1.82) is 0 Å². The number of carbonyl (C=O) groups excluding carboxylic acids is 1. The standard InChI is InChI=1S/C13H26N2O/c1-10(7-12(2,3)4)6-11(16)15-8-13(5,14)9-15/h10H,6-9,14H2,1-5H3. The van der Waals surface area contributed by atoms with Gasteiger partial charge in [0.05, 0.1) is 0 Å². The summed E-state index contributed by atoms with van der Waals surface area (Å²) in [7, 11) is 0. The molecule has 1 fully saturated rings. The number of nitrogens with two attached hydrogens (primary N) is 1. The summed E-state index contributed by atoms with van der Waals surface area (Å²) in [5, 5.41) is 0. The molecule has 0 aromatic heterocycles. The zero-order chi connectivity index (χ0) is 12.6.